The highest BCUT2D eigenvalue weighted by Gasteiger charge is 2.45. The highest BCUT2D eigenvalue weighted by atomic mass is 16.7. The summed E-state index contributed by atoms with van der Waals surface area (Å²) in [6.45, 7) is -0.676. The second kappa shape index (κ2) is 9.21. The van der Waals surface area contributed by atoms with Crippen molar-refractivity contribution in [3.63, 3.8) is 0 Å². The quantitative estimate of drug-likeness (QED) is 0.416. The molecule has 9 heteroatoms. The first-order chi connectivity index (χ1) is 13.9. The Bertz CT molecular complexity index is 826. The molecule has 0 saturated carbocycles. The van der Waals surface area contributed by atoms with E-state index in [0.29, 0.717) is 11.1 Å². The number of phenols is 1. The van der Waals surface area contributed by atoms with Crippen LogP contribution in [-0.4, -0.2) is 68.8 Å². The van der Waals surface area contributed by atoms with Gasteiger partial charge in [0.05, 0.1) is 12.2 Å². The molecule has 0 unspecified atom stereocenters. The second-order valence-corrected chi connectivity index (χ2v) is 6.56. The zero-order chi connectivity index (χ0) is 21.0. The van der Waals surface area contributed by atoms with E-state index in [9.17, 15) is 25.2 Å². The Morgan fingerprint density at radius 3 is 2.38 bits per heavy atom. The fourth-order valence-electron chi connectivity index (χ4n) is 2.85. The van der Waals surface area contributed by atoms with E-state index < -0.39 is 43.3 Å². The third-order valence-corrected chi connectivity index (χ3v) is 4.51. The van der Waals surface area contributed by atoms with Crippen molar-refractivity contribution in [2.24, 2.45) is 0 Å². The average Bonchev–Trinajstić information content (AvgIpc) is 2.74. The highest BCUT2D eigenvalue weighted by molar-refractivity contribution is 5.89. The fourth-order valence-corrected chi connectivity index (χ4v) is 2.85. The number of aliphatic hydroxyl groups excluding tert-OH is 4. The first kappa shape index (κ1) is 21.0. The van der Waals surface area contributed by atoms with Crippen molar-refractivity contribution in [3.05, 3.63) is 59.7 Å². The van der Waals surface area contributed by atoms with Crippen molar-refractivity contribution in [1.82, 2.24) is 0 Å². The third-order valence-electron chi connectivity index (χ3n) is 4.51. The molecule has 3 rings (SSSR count). The molecule has 0 aliphatic carbocycles. The van der Waals surface area contributed by atoms with Crippen LogP contribution >= 0.6 is 0 Å². The summed E-state index contributed by atoms with van der Waals surface area (Å²) in [5.74, 6) is -1.01. The van der Waals surface area contributed by atoms with Gasteiger partial charge in [-0.15, -0.1) is 0 Å². The van der Waals surface area contributed by atoms with Gasteiger partial charge in [0.15, 0.2) is 11.5 Å². The maximum absolute atomic E-state index is 12.1. The van der Waals surface area contributed by atoms with E-state index in [1.807, 2.05) is 0 Å². The lowest BCUT2D eigenvalue weighted by molar-refractivity contribution is -0.277. The molecule has 9 nitrogen and oxygen atoms in total. The molecule has 0 radical (unpaired) electrons. The number of esters is 1. The van der Waals surface area contributed by atoms with Crippen LogP contribution in [-0.2, 0) is 16.1 Å². The highest BCUT2D eigenvalue weighted by Crippen LogP contribution is 2.31. The van der Waals surface area contributed by atoms with Gasteiger partial charge in [-0.05, 0) is 29.8 Å². The van der Waals surface area contributed by atoms with Crippen molar-refractivity contribution in [1.29, 1.82) is 0 Å². The Labute approximate surface area is 166 Å². The lowest BCUT2D eigenvalue weighted by Crippen LogP contribution is -2.60. The molecule has 0 spiro atoms. The van der Waals surface area contributed by atoms with E-state index in [1.54, 1.807) is 30.3 Å². The van der Waals surface area contributed by atoms with Crippen LogP contribution in [0.25, 0.3) is 0 Å². The smallest absolute Gasteiger partial charge is 0.338 e. The number of benzene rings is 2. The number of carbonyl (C=O) groups excluding carboxylic acids is 1. The Morgan fingerprint density at radius 1 is 1.00 bits per heavy atom. The van der Waals surface area contributed by atoms with Crippen LogP contribution in [0.1, 0.15) is 15.9 Å². The van der Waals surface area contributed by atoms with Gasteiger partial charge in [0, 0.05) is 0 Å². The Hall–Kier alpha value is -2.69. The largest absolute Gasteiger partial charge is 0.504 e. The van der Waals surface area contributed by atoms with E-state index in [2.05, 4.69) is 0 Å². The number of carbonyl (C=O) groups is 1. The molecule has 0 aromatic heterocycles. The van der Waals surface area contributed by atoms with Crippen molar-refractivity contribution in [2.75, 3.05) is 6.61 Å². The van der Waals surface area contributed by atoms with Gasteiger partial charge in [-0.2, -0.15) is 0 Å². The molecule has 5 atom stereocenters. The van der Waals surface area contributed by atoms with Gasteiger partial charge in [0.2, 0.25) is 6.29 Å². The maximum Gasteiger partial charge on any atom is 0.338 e. The van der Waals surface area contributed by atoms with Gasteiger partial charge in [-0.3, -0.25) is 0 Å². The Kier molecular flexibility index (Phi) is 6.68. The number of aromatic hydroxyl groups is 1. The van der Waals surface area contributed by atoms with Crippen molar-refractivity contribution in [3.8, 4) is 11.5 Å². The first-order valence-corrected chi connectivity index (χ1v) is 8.92. The molecule has 1 heterocycles. The van der Waals surface area contributed by atoms with Crippen molar-refractivity contribution in [2.45, 2.75) is 37.3 Å². The number of aliphatic hydroxyl groups is 4. The predicted octanol–water partition coefficient (Wildman–Crippen LogP) is -0.0721. The molecule has 1 fully saturated rings. The van der Waals surface area contributed by atoms with Crippen LogP contribution in [0, 0.1) is 0 Å². The number of hydrogen-bond acceptors (Lipinski definition) is 9. The van der Waals surface area contributed by atoms with Crippen LogP contribution in [0.5, 0.6) is 11.5 Å². The van der Waals surface area contributed by atoms with Crippen LogP contribution in [0.3, 0.4) is 0 Å². The molecule has 0 bridgehead atoms. The summed E-state index contributed by atoms with van der Waals surface area (Å²) >= 11 is 0. The van der Waals surface area contributed by atoms with E-state index in [-0.39, 0.29) is 18.1 Å². The molecule has 1 aliphatic rings. The fraction of sp³-hybridized carbons (Fsp3) is 0.350. The second-order valence-electron chi connectivity index (χ2n) is 6.56. The molecule has 2 aromatic rings. The lowest BCUT2D eigenvalue weighted by atomic mass is 9.99. The number of ether oxygens (including phenoxy) is 3. The van der Waals surface area contributed by atoms with Gasteiger partial charge in [0.25, 0.3) is 0 Å². The van der Waals surface area contributed by atoms with E-state index in [1.165, 1.54) is 18.2 Å². The summed E-state index contributed by atoms with van der Waals surface area (Å²) in [5.41, 5.74) is 0.751. The van der Waals surface area contributed by atoms with E-state index in [0.717, 1.165) is 0 Å². The van der Waals surface area contributed by atoms with Gasteiger partial charge in [-0.1, -0.05) is 24.3 Å². The Balaban J connectivity index is 1.67. The van der Waals surface area contributed by atoms with E-state index >= 15 is 0 Å². The minimum absolute atomic E-state index is 0.0603. The topological polar surface area (TPSA) is 146 Å². The first-order valence-electron chi connectivity index (χ1n) is 8.92. The number of phenolic OH excluding ortho intramolecular Hbond substituents is 1. The monoisotopic (exact) mass is 406 g/mol. The summed E-state index contributed by atoms with van der Waals surface area (Å²) in [4.78, 5) is 12.1. The Morgan fingerprint density at radius 2 is 1.72 bits per heavy atom. The number of rotatable bonds is 6. The van der Waals surface area contributed by atoms with Gasteiger partial charge >= 0.3 is 5.97 Å². The standard InChI is InChI=1S/C20H22O9/c21-9-11-6-7-14(13(22)8-11)28-20-18(25)17(24)16(23)15(29-20)10-27-19(26)12-4-2-1-3-5-12/h1-8,15-18,20-25H,9-10H2/t15-,16-,17+,18-,20-/m1/s1. The number of hydrogen-bond donors (Lipinski definition) is 5. The summed E-state index contributed by atoms with van der Waals surface area (Å²) in [6, 6.07) is 12.3. The average molecular weight is 406 g/mol. The van der Waals surface area contributed by atoms with Crippen LogP contribution < -0.4 is 4.74 Å². The minimum Gasteiger partial charge on any atom is -0.504 e. The summed E-state index contributed by atoms with van der Waals surface area (Å²) < 4.78 is 16.0. The van der Waals surface area contributed by atoms with Crippen molar-refractivity contribution >= 4 is 5.97 Å². The summed E-state index contributed by atoms with van der Waals surface area (Å²) in [5, 5.41) is 49.4. The lowest BCUT2D eigenvalue weighted by Gasteiger charge is -2.39. The van der Waals surface area contributed by atoms with Crippen LogP contribution in [0.4, 0.5) is 0 Å². The molecule has 1 aliphatic heterocycles. The summed E-state index contributed by atoms with van der Waals surface area (Å²) in [7, 11) is 0. The normalized spacial score (nSPS) is 26.7. The third kappa shape index (κ3) is 4.84. The predicted molar refractivity (Wildman–Crippen MR) is 98.1 cm³/mol. The molecular weight excluding hydrogens is 384 g/mol. The molecule has 156 valence electrons. The van der Waals surface area contributed by atoms with Gasteiger partial charge in [0.1, 0.15) is 31.0 Å². The van der Waals surface area contributed by atoms with Gasteiger partial charge in [-0.25, -0.2) is 4.79 Å². The molecular formula is C20H22O9. The zero-order valence-corrected chi connectivity index (χ0v) is 15.3. The van der Waals surface area contributed by atoms with Crippen LogP contribution in [0.15, 0.2) is 48.5 Å². The summed E-state index contributed by atoms with van der Waals surface area (Å²) in [6.07, 6.45) is -7.40. The van der Waals surface area contributed by atoms with Crippen molar-refractivity contribution < 1.29 is 44.5 Å². The van der Waals surface area contributed by atoms with Crippen LogP contribution in [0.2, 0.25) is 0 Å². The SMILES string of the molecule is O=C(OC[C@H]1O[C@@H](Oc2ccc(CO)cc2O)[C@H](O)[C@@H](O)[C@@H]1O)c1ccccc1. The molecule has 1 saturated heterocycles. The maximum atomic E-state index is 12.1. The minimum atomic E-state index is -1.63. The molecule has 2 aromatic carbocycles. The van der Waals surface area contributed by atoms with E-state index in [4.69, 9.17) is 19.3 Å². The molecule has 0 amide bonds. The zero-order valence-electron chi connectivity index (χ0n) is 15.3. The van der Waals surface area contributed by atoms with Gasteiger partial charge < -0.3 is 39.7 Å². The molecule has 29 heavy (non-hydrogen) atoms. The molecule has 5 N–H and O–H groups in total.